The Morgan fingerprint density at radius 3 is 2.24 bits per heavy atom. The van der Waals surface area contributed by atoms with Gasteiger partial charge in [-0.3, -0.25) is 0 Å². The van der Waals surface area contributed by atoms with Gasteiger partial charge in [-0.15, -0.1) is 6.54 Å². The molecule has 0 aliphatic carbocycles. The minimum absolute atomic E-state index is 0.627. The predicted octanol–water partition coefficient (Wildman–Crippen LogP) is 2.24. The Morgan fingerprint density at radius 2 is 1.94 bits per heavy atom. The molecule has 0 bridgehead atoms. The van der Waals surface area contributed by atoms with Crippen LogP contribution < -0.4 is 0 Å². The molecule has 1 aromatic carbocycles. The molecule has 3 nitrogen and oxygen atoms in total. The topological polar surface area (TPSA) is 61.1 Å². The van der Waals surface area contributed by atoms with Crippen molar-refractivity contribution in [1.82, 2.24) is 0 Å². The maximum Gasteiger partial charge on any atom is 0.262 e. The van der Waals surface area contributed by atoms with Crippen molar-refractivity contribution in [3.63, 3.8) is 0 Å². The van der Waals surface area contributed by atoms with Gasteiger partial charge in [0.2, 0.25) is 0 Å². The van der Waals surface area contributed by atoms with Crippen molar-refractivity contribution in [1.29, 1.82) is 0 Å². The second-order valence-electron chi connectivity index (χ2n) is 3.20. The van der Waals surface area contributed by atoms with Crippen molar-refractivity contribution in [2.45, 2.75) is 19.5 Å². The molecule has 1 unspecified atom stereocenters. The summed E-state index contributed by atoms with van der Waals surface area (Å²) >= 11 is -1.17. The molecular weight excluding hydrogens is 406 g/mol. The minimum atomic E-state index is -2.77. The van der Waals surface area contributed by atoms with Crippen LogP contribution in [-0.4, -0.2) is 28.7 Å². The van der Waals surface area contributed by atoms with Crippen LogP contribution >= 0.6 is 0 Å². The average molecular weight is 420 g/mol. The summed E-state index contributed by atoms with van der Waals surface area (Å²) in [6.45, 7) is 1.41. The van der Waals surface area contributed by atoms with Gasteiger partial charge in [-0.25, -0.2) is 8.78 Å². The fourth-order valence-electron chi connectivity index (χ4n) is 0.772. The molecule has 6 heteroatoms. The van der Waals surface area contributed by atoms with Gasteiger partial charge < -0.3 is 10.8 Å². The Labute approximate surface area is 106 Å². The van der Waals surface area contributed by atoms with Gasteiger partial charge >= 0.3 is 67.3 Å². The molecule has 0 amide bonds. The number of hydrogen-bond acceptors (Lipinski definition) is 2. The van der Waals surface area contributed by atoms with Crippen LogP contribution in [0.15, 0.2) is 24.3 Å². The van der Waals surface area contributed by atoms with Gasteiger partial charge in [0.25, 0.3) is 6.43 Å². The van der Waals surface area contributed by atoms with E-state index in [9.17, 15) is 12.3 Å². The van der Waals surface area contributed by atoms with Gasteiger partial charge in [-0.1, -0.05) is 0 Å². The normalized spacial score (nSPS) is 11.6. The number of hydrogen-bond donors (Lipinski definition) is 1. The van der Waals surface area contributed by atoms with E-state index in [0.717, 1.165) is 5.56 Å². The monoisotopic (exact) mass is 422 g/mol. The second kappa shape index (κ2) is 9.35. The number of aryl methyl sites for hydroxylation is 1. The first-order valence-electron chi connectivity index (χ1n) is 4.75. The van der Waals surface area contributed by atoms with Gasteiger partial charge in [0.05, 0.1) is 6.10 Å². The van der Waals surface area contributed by atoms with Crippen molar-refractivity contribution in [3.8, 4) is 0 Å². The van der Waals surface area contributed by atoms with Crippen molar-refractivity contribution in [2.24, 2.45) is 0 Å². The number of halogens is 2. The molecule has 0 spiro atoms. The first kappa shape index (κ1) is 16.3. The van der Waals surface area contributed by atoms with Crippen LogP contribution in [0.5, 0.6) is 0 Å². The van der Waals surface area contributed by atoms with Crippen LogP contribution in [0, 0.1) is 6.92 Å². The Bertz CT molecular complexity index is 364. The summed E-state index contributed by atoms with van der Waals surface area (Å²) in [6.07, 6.45) is -4.53. The van der Waals surface area contributed by atoms with Crippen LogP contribution in [0.3, 0.4) is 0 Å². The number of benzene rings is 1. The molecule has 17 heavy (non-hydrogen) atoms. The van der Waals surface area contributed by atoms with Gasteiger partial charge in [0.1, 0.15) is 0 Å². The van der Waals surface area contributed by atoms with Crippen molar-refractivity contribution in [3.05, 3.63) is 41.1 Å². The summed E-state index contributed by atoms with van der Waals surface area (Å²) < 4.78 is 34.2. The minimum Gasteiger partial charge on any atom is -0.675 e. The molecule has 0 fully saturated rings. The molecule has 2 N–H and O–H groups in total. The van der Waals surface area contributed by atoms with Crippen molar-refractivity contribution < 1.29 is 34.3 Å². The molecule has 0 saturated carbocycles. The molecule has 0 aromatic heterocycles. The van der Waals surface area contributed by atoms with E-state index in [2.05, 4.69) is 0 Å². The molecule has 1 atom stereocenters. The molecular formula is C11H14F2NO2Os-. The summed E-state index contributed by atoms with van der Waals surface area (Å²) in [7, 11) is 0. The average Bonchev–Trinajstić information content (AvgIpc) is 2.32. The third kappa shape index (κ3) is 8.09. The maximum absolute atomic E-state index is 11.1. The number of aliphatic hydroxyl groups is 1. The number of aliphatic hydroxyl groups excluding tert-OH is 1. The molecule has 0 aliphatic heterocycles. The largest absolute Gasteiger partial charge is 0.675 e. The predicted molar refractivity (Wildman–Crippen MR) is 58.2 cm³/mol. The molecule has 1 aromatic rings. The van der Waals surface area contributed by atoms with Crippen LogP contribution in [0.4, 0.5) is 8.78 Å². The van der Waals surface area contributed by atoms with Gasteiger partial charge in [0.15, 0.2) is 0 Å². The molecule has 0 saturated heterocycles. The van der Waals surface area contributed by atoms with Gasteiger partial charge in [-0.2, -0.15) is 0 Å². The summed E-state index contributed by atoms with van der Waals surface area (Å²) in [5, 5.41) is 8.00. The smallest absolute Gasteiger partial charge is 0.262 e. The fourth-order valence-corrected chi connectivity index (χ4v) is 1.61. The number of nitrogens with one attached hydrogen (secondary N) is 1. The van der Waals surface area contributed by atoms with E-state index in [1.165, 1.54) is 5.56 Å². The van der Waals surface area contributed by atoms with Crippen LogP contribution in [0.1, 0.15) is 11.1 Å². The second-order valence-corrected chi connectivity index (χ2v) is 4.53. The molecule has 0 heterocycles. The summed E-state index contributed by atoms with van der Waals surface area (Å²) in [5.41, 5.74) is 8.53. The first-order chi connectivity index (χ1) is 8.01. The molecule has 98 valence electrons. The summed E-state index contributed by atoms with van der Waals surface area (Å²) in [5.74, 6) is 0. The zero-order valence-corrected chi connectivity index (χ0v) is 11.8. The number of rotatable bonds is 3. The van der Waals surface area contributed by atoms with E-state index in [4.69, 9.17) is 10.8 Å². The van der Waals surface area contributed by atoms with E-state index in [1.54, 1.807) is 4.57 Å². The Morgan fingerprint density at radius 1 is 1.41 bits per heavy atom. The number of alkyl halides is 2. The third-order valence-electron chi connectivity index (χ3n) is 1.74. The Kier molecular flexibility index (Phi) is 8.97. The molecule has 1 rings (SSSR count). The van der Waals surface area contributed by atoms with Crippen molar-refractivity contribution in [2.75, 3.05) is 6.54 Å². The first-order valence-corrected chi connectivity index (χ1v) is 7.25. The van der Waals surface area contributed by atoms with Gasteiger partial charge in [-0.05, 0) is 0 Å². The SMILES string of the molecule is Cc1ccc([CH]=[Os]=[O])cc1.[NH-]CC(O)C(F)F. The van der Waals surface area contributed by atoms with Crippen LogP contribution in [-0.2, 0) is 20.4 Å². The van der Waals surface area contributed by atoms with E-state index in [0.29, 0.717) is 0 Å². The standard InChI is InChI=1S/C8H8.C3H6F2NO.O.Os/c1-7-3-5-8(2)6-4-7;4-3(5)2(7)1-6;;/h1,3-6H,2H3;2-3,6-7H,1H2;;/q;-1;;. The molecule has 0 aliphatic rings. The van der Waals surface area contributed by atoms with E-state index < -0.39 is 36.0 Å². The molecule has 0 radical (unpaired) electrons. The Hall–Kier alpha value is -0.694. The summed E-state index contributed by atoms with van der Waals surface area (Å²) in [4.78, 5) is 0. The maximum atomic E-state index is 11.1. The van der Waals surface area contributed by atoms with E-state index in [1.807, 2.05) is 31.2 Å². The third-order valence-corrected chi connectivity index (χ3v) is 2.88. The van der Waals surface area contributed by atoms with Crippen LogP contribution in [0.25, 0.3) is 5.73 Å². The van der Waals surface area contributed by atoms with Crippen LogP contribution in [0.2, 0.25) is 0 Å². The fraction of sp³-hybridized carbons (Fsp3) is 0.364. The van der Waals surface area contributed by atoms with Crippen molar-refractivity contribution >= 4 is 4.57 Å². The quantitative estimate of drug-likeness (QED) is 0.815. The summed E-state index contributed by atoms with van der Waals surface area (Å²) in [6, 6.07) is 8.02. The zero-order valence-electron chi connectivity index (χ0n) is 9.21. The van der Waals surface area contributed by atoms with E-state index in [-0.39, 0.29) is 0 Å². The van der Waals surface area contributed by atoms with E-state index >= 15 is 0 Å². The Balaban J connectivity index is 0.000000325. The zero-order chi connectivity index (χ0) is 13.3. The van der Waals surface area contributed by atoms with Gasteiger partial charge in [0, 0.05) is 0 Å².